The second kappa shape index (κ2) is 9.55. The molecule has 0 unspecified atom stereocenters. The molecule has 3 heterocycles. The maximum absolute atomic E-state index is 14.6. The molecule has 2 aromatic heterocycles. The Kier molecular flexibility index (Phi) is 6.57. The van der Waals surface area contributed by atoms with Gasteiger partial charge in [-0.15, -0.1) is 11.3 Å². The van der Waals surface area contributed by atoms with Crippen LogP contribution in [0.1, 0.15) is 9.67 Å². The number of rotatable bonds is 5. The monoisotopic (exact) mass is 488 g/mol. The third-order valence-corrected chi connectivity index (χ3v) is 6.36. The Morgan fingerprint density at radius 3 is 2.67 bits per heavy atom. The topological polar surface area (TPSA) is 101 Å². The maximum atomic E-state index is 14.6. The van der Waals surface area contributed by atoms with Gasteiger partial charge < -0.3 is 15.5 Å². The van der Waals surface area contributed by atoms with Gasteiger partial charge in [0.05, 0.1) is 33.1 Å². The van der Waals surface area contributed by atoms with Crippen molar-refractivity contribution in [2.45, 2.75) is 0 Å². The van der Waals surface area contributed by atoms with Crippen LogP contribution in [0.5, 0.6) is 0 Å². The van der Waals surface area contributed by atoms with Gasteiger partial charge in [0.25, 0.3) is 11.5 Å². The molecular formula is C22H18ClFN4O4S. The largest absolute Gasteiger partial charge is 0.351 e. The van der Waals surface area contributed by atoms with Crippen LogP contribution in [-0.2, 0) is 4.79 Å². The number of likely N-dealkylation sites (tertiary alicyclic amines) is 1. The summed E-state index contributed by atoms with van der Waals surface area (Å²) in [5.41, 5.74) is -0.0774. The van der Waals surface area contributed by atoms with Gasteiger partial charge in [-0.1, -0.05) is 17.7 Å². The Morgan fingerprint density at radius 2 is 1.97 bits per heavy atom. The number of amides is 3. The van der Waals surface area contributed by atoms with Crippen molar-refractivity contribution in [3.63, 3.8) is 0 Å². The first-order chi connectivity index (χ1) is 15.8. The Hall–Kier alpha value is -3.50. The smallest absolute Gasteiger partial charge is 0.322 e. The predicted octanol–water partition coefficient (Wildman–Crippen LogP) is 3.15. The summed E-state index contributed by atoms with van der Waals surface area (Å²) in [6, 6.07) is 11.1. The number of hydrogen-bond acceptors (Lipinski definition) is 5. The number of benzene rings is 1. The summed E-state index contributed by atoms with van der Waals surface area (Å²) >= 11 is 6.95. The summed E-state index contributed by atoms with van der Waals surface area (Å²) < 4.78 is 16.3. The van der Waals surface area contributed by atoms with Crippen LogP contribution in [0.2, 0.25) is 4.34 Å². The van der Waals surface area contributed by atoms with E-state index in [1.54, 1.807) is 24.3 Å². The van der Waals surface area contributed by atoms with E-state index < -0.39 is 17.8 Å². The lowest BCUT2D eigenvalue weighted by Gasteiger charge is -2.17. The molecule has 11 heteroatoms. The average Bonchev–Trinajstić information content (AvgIpc) is 3.39. The number of aromatic nitrogens is 1. The molecule has 3 amide bonds. The van der Waals surface area contributed by atoms with Crippen molar-refractivity contribution in [3.8, 4) is 5.69 Å². The average molecular weight is 489 g/mol. The summed E-state index contributed by atoms with van der Waals surface area (Å²) in [5, 5.41) is 5.13. The number of carbonyl (C=O) groups is 3. The lowest BCUT2D eigenvalue weighted by Crippen LogP contribution is -2.35. The number of carbonyl (C=O) groups excluding carboxylic acids is 3. The Morgan fingerprint density at radius 1 is 1.15 bits per heavy atom. The van der Waals surface area contributed by atoms with E-state index >= 15 is 0 Å². The van der Waals surface area contributed by atoms with E-state index in [0.717, 1.165) is 17.4 Å². The second-order valence-electron chi connectivity index (χ2n) is 7.36. The van der Waals surface area contributed by atoms with Crippen molar-refractivity contribution < 1.29 is 18.8 Å². The summed E-state index contributed by atoms with van der Waals surface area (Å²) in [6.45, 7) is 0.0252. The molecule has 4 rings (SSSR count). The molecule has 0 bridgehead atoms. The van der Waals surface area contributed by atoms with Gasteiger partial charge in [0, 0.05) is 31.4 Å². The number of ketones is 1. The number of Topliss-reactive ketones (excluding diaryl/α,β-unsaturated/α-hetero) is 1. The van der Waals surface area contributed by atoms with E-state index in [9.17, 15) is 23.6 Å². The van der Waals surface area contributed by atoms with Crippen LogP contribution in [0.15, 0.2) is 59.5 Å². The van der Waals surface area contributed by atoms with Crippen LogP contribution in [0.25, 0.3) is 5.69 Å². The maximum Gasteiger partial charge on any atom is 0.322 e. The number of anilines is 1. The van der Waals surface area contributed by atoms with Crippen LogP contribution in [0, 0.1) is 11.7 Å². The number of nitrogens with zero attached hydrogens (tertiary/aromatic N) is 2. The fourth-order valence-electron chi connectivity index (χ4n) is 3.41. The highest BCUT2D eigenvalue weighted by Gasteiger charge is 2.34. The highest BCUT2D eigenvalue weighted by atomic mass is 35.5. The Labute approximate surface area is 196 Å². The molecule has 1 aliphatic rings. The van der Waals surface area contributed by atoms with Gasteiger partial charge in [0.1, 0.15) is 5.82 Å². The number of pyridine rings is 1. The SMILES string of the molecule is O=C(NC[C@@H]1CN(C(=O)Nc2ccc(-n3ccccc3=O)cc2F)CC1=O)c1ccc(Cl)s1. The van der Waals surface area contributed by atoms with E-state index in [4.69, 9.17) is 11.6 Å². The standard InChI is InChI=1S/C22H18ClFN4O4S/c23-19-7-6-18(33-19)21(31)25-10-13-11-27(12-17(13)29)22(32)26-16-5-4-14(9-15(16)24)28-8-2-1-3-20(28)30/h1-9,13H,10-12H2,(H,25,31)(H,26,32)/t13-/m1/s1. The number of halogens is 2. The van der Waals surface area contributed by atoms with Crippen molar-refractivity contribution in [2.75, 3.05) is 25.0 Å². The highest BCUT2D eigenvalue weighted by Crippen LogP contribution is 2.22. The number of urea groups is 1. The summed E-state index contributed by atoms with van der Waals surface area (Å²) in [4.78, 5) is 50.6. The van der Waals surface area contributed by atoms with E-state index in [0.29, 0.717) is 14.9 Å². The zero-order valence-corrected chi connectivity index (χ0v) is 18.7. The van der Waals surface area contributed by atoms with E-state index in [1.807, 2.05) is 0 Å². The third kappa shape index (κ3) is 5.12. The Balaban J connectivity index is 1.36. The molecule has 0 spiro atoms. The molecular weight excluding hydrogens is 471 g/mol. The van der Waals surface area contributed by atoms with E-state index in [1.165, 1.54) is 33.9 Å². The van der Waals surface area contributed by atoms with Gasteiger partial charge in [0.15, 0.2) is 5.78 Å². The fraction of sp³-hybridized carbons (Fsp3) is 0.182. The van der Waals surface area contributed by atoms with Crippen molar-refractivity contribution in [1.82, 2.24) is 14.8 Å². The van der Waals surface area contributed by atoms with Crippen LogP contribution in [0.3, 0.4) is 0 Å². The molecule has 0 aliphatic carbocycles. The van der Waals surface area contributed by atoms with E-state index in [2.05, 4.69) is 10.6 Å². The first-order valence-electron chi connectivity index (χ1n) is 9.91. The van der Waals surface area contributed by atoms with Gasteiger partial charge in [-0.3, -0.25) is 19.0 Å². The zero-order chi connectivity index (χ0) is 23.5. The van der Waals surface area contributed by atoms with Gasteiger partial charge in [-0.05, 0) is 30.3 Å². The molecule has 170 valence electrons. The molecule has 1 atom stereocenters. The van der Waals surface area contributed by atoms with Gasteiger partial charge in [0.2, 0.25) is 0 Å². The summed E-state index contributed by atoms with van der Waals surface area (Å²) in [6.07, 6.45) is 1.51. The quantitative estimate of drug-likeness (QED) is 0.576. The highest BCUT2D eigenvalue weighted by molar-refractivity contribution is 7.18. The molecule has 1 aromatic carbocycles. The van der Waals surface area contributed by atoms with Gasteiger partial charge in [-0.2, -0.15) is 0 Å². The molecule has 33 heavy (non-hydrogen) atoms. The van der Waals surface area contributed by atoms with Crippen molar-refractivity contribution in [2.24, 2.45) is 5.92 Å². The first-order valence-corrected chi connectivity index (χ1v) is 11.1. The molecule has 1 aliphatic heterocycles. The number of thiophene rings is 1. The van der Waals surface area contributed by atoms with E-state index in [-0.39, 0.29) is 42.6 Å². The van der Waals surface area contributed by atoms with Gasteiger partial charge in [-0.25, -0.2) is 9.18 Å². The zero-order valence-electron chi connectivity index (χ0n) is 17.1. The third-order valence-electron chi connectivity index (χ3n) is 5.13. The molecule has 0 radical (unpaired) electrons. The second-order valence-corrected chi connectivity index (χ2v) is 9.08. The van der Waals surface area contributed by atoms with Crippen LogP contribution < -0.4 is 16.2 Å². The lowest BCUT2D eigenvalue weighted by atomic mass is 10.1. The minimum atomic E-state index is -0.722. The minimum absolute atomic E-state index is 0.0752. The molecule has 8 nitrogen and oxygen atoms in total. The molecule has 1 fully saturated rings. The van der Waals surface area contributed by atoms with Crippen molar-refractivity contribution in [3.05, 3.63) is 80.1 Å². The minimum Gasteiger partial charge on any atom is -0.351 e. The normalized spacial score (nSPS) is 15.5. The summed E-state index contributed by atoms with van der Waals surface area (Å²) in [5.74, 6) is -1.83. The molecule has 3 aromatic rings. The van der Waals surface area contributed by atoms with Crippen LogP contribution >= 0.6 is 22.9 Å². The fourth-order valence-corrected chi connectivity index (χ4v) is 4.37. The Bertz CT molecular complexity index is 1290. The number of nitrogens with one attached hydrogen (secondary N) is 2. The van der Waals surface area contributed by atoms with Crippen molar-refractivity contribution in [1.29, 1.82) is 0 Å². The lowest BCUT2D eigenvalue weighted by molar-refractivity contribution is -0.119. The van der Waals surface area contributed by atoms with Crippen LogP contribution in [0.4, 0.5) is 14.9 Å². The van der Waals surface area contributed by atoms with Crippen molar-refractivity contribution >= 4 is 46.3 Å². The van der Waals surface area contributed by atoms with Gasteiger partial charge >= 0.3 is 6.03 Å². The summed E-state index contributed by atoms with van der Waals surface area (Å²) in [7, 11) is 0. The molecule has 2 N–H and O–H groups in total. The first kappa shape index (κ1) is 22.7. The molecule has 1 saturated heterocycles. The predicted molar refractivity (Wildman–Crippen MR) is 123 cm³/mol. The molecule has 0 saturated carbocycles. The number of hydrogen-bond donors (Lipinski definition) is 2. The van der Waals surface area contributed by atoms with Crippen LogP contribution in [-0.4, -0.2) is 46.8 Å².